The average molecular weight is 270 g/mol. The molecule has 0 amide bonds. The summed E-state index contributed by atoms with van der Waals surface area (Å²) in [5.74, 6) is 0.661. The molecule has 6 nitrogen and oxygen atoms in total. The van der Waals surface area contributed by atoms with Crippen LogP contribution in [-0.4, -0.2) is 33.8 Å². The lowest BCUT2D eigenvalue weighted by Crippen LogP contribution is -2.24. The summed E-state index contributed by atoms with van der Waals surface area (Å²) >= 11 is 0. The van der Waals surface area contributed by atoms with E-state index >= 15 is 0 Å². The number of carbonyl (C=O) groups excluding carboxylic acids is 1. The van der Waals surface area contributed by atoms with Gasteiger partial charge in [-0.15, -0.1) is 0 Å². The van der Waals surface area contributed by atoms with E-state index in [-0.39, 0.29) is 11.3 Å². The van der Waals surface area contributed by atoms with Crippen LogP contribution in [0.2, 0.25) is 0 Å². The summed E-state index contributed by atoms with van der Waals surface area (Å²) < 4.78 is 0. The second kappa shape index (κ2) is 4.13. The maximum Gasteiger partial charge on any atom is 0.262 e. The Morgan fingerprint density at radius 3 is 2.75 bits per heavy atom. The van der Waals surface area contributed by atoms with E-state index in [1.54, 1.807) is 6.20 Å². The van der Waals surface area contributed by atoms with Crippen molar-refractivity contribution in [2.24, 2.45) is 0 Å². The summed E-state index contributed by atoms with van der Waals surface area (Å²) in [7, 11) is 0. The number of ketones is 1. The maximum absolute atomic E-state index is 12.3. The van der Waals surface area contributed by atoms with Gasteiger partial charge in [-0.2, -0.15) is 4.98 Å². The van der Waals surface area contributed by atoms with E-state index in [9.17, 15) is 9.59 Å². The predicted molar refractivity (Wildman–Crippen MR) is 74.3 cm³/mol. The number of aromatic nitrogens is 3. The monoisotopic (exact) mass is 270 g/mol. The number of rotatable bonds is 1. The fraction of sp³-hybridized carbons (Fsp3) is 0.429. The molecule has 2 aliphatic rings. The van der Waals surface area contributed by atoms with Crippen molar-refractivity contribution in [3.8, 4) is 0 Å². The van der Waals surface area contributed by atoms with Crippen LogP contribution in [0.15, 0.2) is 11.0 Å². The van der Waals surface area contributed by atoms with Gasteiger partial charge >= 0.3 is 0 Å². The summed E-state index contributed by atoms with van der Waals surface area (Å²) in [6.45, 7) is 1.83. The normalized spacial score (nSPS) is 18.0. The molecule has 0 unspecified atom stereocenters. The Morgan fingerprint density at radius 1 is 1.15 bits per heavy atom. The predicted octanol–water partition coefficient (Wildman–Crippen LogP) is 1.05. The third-order valence-corrected chi connectivity index (χ3v) is 4.14. The summed E-state index contributed by atoms with van der Waals surface area (Å²) in [5, 5.41) is 0.483. The summed E-state index contributed by atoms with van der Waals surface area (Å²) in [4.78, 5) is 37.7. The Labute approximate surface area is 114 Å². The van der Waals surface area contributed by atoms with E-state index in [2.05, 4.69) is 19.9 Å². The summed E-state index contributed by atoms with van der Waals surface area (Å²) in [6.07, 6.45) is 4.87. The first-order valence-electron chi connectivity index (χ1n) is 6.94. The third kappa shape index (κ3) is 1.57. The first-order chi connectivity index (χ1) is 9.74. The first kappa shape index (κ1) is 11.6. The van der Waals surface area contributed by atoms with E-state index in [1.807, 2.05) is 0 Å². The van der Waals surface area contributed by atoms with Crippen molar-refractivity contribution in [1.82, 2.24) is 15.0 Å². The molecule has 4 rings (SSSR count). The van der Waals surface area contributed by atoms with Crippen molar-refractivity contribution in [3.63, 3.8) is 0 Å². The molecule has 0 spiro atoms. The molecule has 0 aromatic carbocycles. The van der Waals surface area contributed by atoms with Crippen LogP contribution in [0.3, 0.4) is 0 Å². The van der Waals surface area contributed by atoms with Gasteiger partial charge in [0.15, 0.2) is 11.4 Å². The number of Topliss-reactive ketones (excluding diaryl/α,β-unsaturated/α-hetero) is 1. The van der Waals surface area contributed by atoms with Gasteiger partial charge in [-0.1, -0.05) is 0 Å². The molecule has 1 N–H and O–H groups in total. The number of hydrogen-bond donors (Lipinski definition) is 1. The minimum absolute atomic E-state index is 0.0671. The molecule has 6 heteroatoms. The highest BCUT2D eigenvalue weighted by Crippen LogP contribution is 2.26. The van der Waals surface area contributed by atoms with Gasteiger partial charge in [-0.25, -0.2) is 4.98 Å². The number of hydrogen-bond acceptors (Lipinski definition) is 5. The van der Waals surface area contributed by atoms with Gasteiger partial charge in [0.05, 0.1) is 5.39 Å². The Balaban J connectivity index is 1.94. The Hall–Kier alpha value is -2.24. The van der Waals surface area contributed by atoms with Crippen LogP contribution < -0.4 is 10.5 Å². The smallest absolute Gasteiger partial charge is 0.262 e. The third-order valence-electron chi connectivity index (χ3n) is 4.14. The summed E-state index contributed by atoms with van der Waals surface area (Å²) in [5.41, 5.74) is 1.65. The Bertz CT molecular complexity index is 775. The van der Waals surface area contributed by atoms with Gasteiger partial charge in [-0.05, 0) is 24.8 Å². The van der Waals surface area contributed by atoms with Crippen LogP contribution >= 0.6 is 0 Å². The lowest BCUT2D eigenvalue weighted by Gasteiger charge is -2.15. The Kier molecular flexibility index (Phi) is 2.39. The second-order valence-corrected chi connectivity index (χ2v) is 5.36. The number of nitrogens with one attached hydrogen (secondary N) is 1. The fourth-order valence-electron chi connectivity index (χ4n) is 3.11. The molecule has 0 bridgehead atoms. The molecule has 0 radical (unpaired) electrons. The number of pyridine rings is 1. The zero-order chi connectivity index (χ0) is 13.7. The zero-order valence-electron chi connectivity index (χ0n) is 11.0. The van der Waals surface area contributed by atoms with E-state index in [1.165, 1.54) is 0 Å². The molecule has 1 fully saturated rings. The molecule has 2 aromatic heterocycles. The fourth-order valence-corrected chi connectivity index (χ4v) is 3.11. The molecule has 1 aliphatic carbocycles. The van der Waals surface area contributed by atoms with Crippen LogP contribution in [0, 0.1) is 0 Å². The number of aromatic amines is 1. The van der Waals surface area contributed by atoms with Crippen LogP contribution in [-0.2, 0) is 6.42 Å². The van der Waals surface area contributed by atoms with Crippen molar-refractivity contribution in [2.45, 2.75) is 25.7 Å². The average Bonchev–Trinajstić information content (AvgIpc) is 3.08. The van der Waals surface area contributed by atoms with E-state index in [0.29, 0.717) is 35.4 Å². The Morgan fingerprint density at radius 2 is 1.95 bits per heavy atom. The molecule has 1 aliphatic heterocycles. The van der Waals surface area contributed by atoms with E-state index in [0.717, 1.165) is 31.5 Å². The number of aryl methyl sites for hydroxylation is 1. The molecular weight excluding hydrogens is 256 g/mol. The number of H-pyrrole nitrogens is 1. The summed E-state index contributed by atoms with van der Waals surface area (Å²) in [6, 6.07) is 0. The number of fused-ring (bicyclic) bond motifs is 3. The molecule has 2 aromatic rings. The van der Waals surface area contributed by atoms with E-state index < -0.39 is 0 Å². The lowest BCUT2D eigenvalue weighted by molar-refractivity contribution is 0.0994. The van der Waals surface area contributed by atoms with Gasteiger partial charge in [0.1, 0.15) is 0 Å². The van der Waals surface area contributed by atoms with E-state index in [4.69, 9.17) is 0 Å². The number of nitrogens with zero attached hydrogens (tertiary/aromatic N) is 3. The van der Waals surface area contributed by atoms with Crippen LogP contribution in [0.25, 0.3) is 11.0 Å². The van der Waals surface area contributed by atoms with Gasteiger partial charge in [0.25, 0.3) is 5.56 Å². The van der Waals surface area contributed by atoms with Crippen molar-refractivity contribution in [2.75, 3.05) is 18.0 Å². The number of anilines is 1. The molecule has 20 heavy (non-hydrogen) atoms. The van der Waals surface area contributed by atoms with Crippen molar-refractivity contribution < 1.29 is 4.79 Å². The van der Waals surface area contributed by atoms with Crippen LogP contribution in [0.1, 0.15) is 35.2 Å². The van der Waals surface area contributed by atoms with Crippen LogP contribution in [0.5, 0.6) is 0 Å². The molecule has 0 saturated carbocycles. The van der Waals surface area contributed by atoms with Crippen molar-refractivity contribution in [3.05, 3.63) is 27.7 Å². The molecular formula is C14H14N4O2. The van der Waals surface area contributed by atoms with Crippen molar-refractivity contribution in [1.29, 1.82) is 0 Å². The highest BCUT2D eigenvalue weighted by atomic mass is 16.1. The SMILES string of the molecule is O=C1CCc2c1cnc1nc(N3CCCC3)[nH]c(=O)c21. The molecule has 1 saturated heterocycles. The second-order valence-electron chi connectivity index (χ2n) is 5.36. The van der Waals surface area contributed by atoms with Gasteiger partial charge < -0.3 is 4.90 Å². The first-order valence-corrected chi connectivity index (χ1v) is 6.94. The van der Waals surface area contributed by atoms with Gasteiger partial charge in [0.2, 0.25) is 5.95 Å². The highest BCUT2D eigenvalue weighted by molar-refractivity contribution is 6.04. The largest absolute Gasteiger partial charge is 0.342 e. The van der Waals surface area contributed by atoms with Gasteiger partial charge in [-0.3, -0.25) is 14.6 Å². The standard InChI is InChI=1S/C14H14N4O2/c19-10-4-3-8-9(10)7-15-12-11(8)13(20)17-14(16-12)18-5-1-2-6-18/h7H,1-6H2,(H,15,16,17,20). The van der Waals surface area contributed by atoms with Gasteiger partial charge in [0, 0.05) is 31.3 Å². The minimum atomic E-state index is -0.184. The van der Waals surface area contributed by atoms with Crippen molar-refractivity contribution >= 4 is 22.8 Å². The maximum atomic E-state index is 12.3. The molecule has 102 valence electrons. The van der Waals surface area contributed by atoms with Crippen LogP contribution in [0.4, 0.5) is 5.95 Å². The lowest BCUT2D eigenvalue weighted by atomic mass is 10.1. The highest BCUT2D eigenvalue weighted by Gasteiger charge is 2.25. The molecule has 3 heterocycles. The molecule has 0 atom stereocenters. The topological polar surface area (TPSA) is 79.0 Å². The quantitative estimate of drug-likeness (QED) is 0.837. The minimum Gasteiger partial charge on any atom is -0.342 e. The zero-order valence-corrected chi connectivity index (χ0v) is 11.0. The number of carbonyl (C=O) groups is 1.